The summed E-state index contributed by atoms with van der Waals surface area (Å²) in [6.07, 6.45) is -29.6. The molecule has 0 aromatic heterocycles. The first kappa shape index (κ1) is 84.4. The number of nitrogens with zero attached hydrogens (tertiary/aromatic N) is 2. The molecule has 100 heavy (non-hydrogen) atoms. The fourth-order valence-electron chi connectivity index (χ4n) is 10.6. The van der Waals surface area contributed by atoms with Crippen molar-refractivity contribution in [2.75, 3.05) is 26.4 Å². The Bertz CT molecular complexity index is 2770. The molecule has 0 aromatic rings. The maximum atomic E-state index is 13.0. The predicted octanol–water partition coefficient (Wildman–Crippen LogP) is 1.61. The molecule has 2 N–H and O–H groups in total. The molecule has 38 nitrogen and oxygen atoms in total. The van der Waals surface area contributed by atoms with Gasteiger partial charge in [0.25, 0.3) is 0 Å². The third kappa shape index (κ3) is 27.5. The van der Waals surface area contributed by atoms with Crippen LogP contribution >= 0.6 is 23.5 Å². The largest absolute Gasteiger partial charge is 0.463 e. The lowest BCUT2D eigenvalue weighted by Gasteiger charge is -2.48. The topological polar surface area (TPSA) is 489 Å². The van der Waals surface area contributed by atoms with E-state index < -0.39 is 231 Å². The minimum Gasteiger partial charge on any atom is -0.463 e. The van der Waals surface area contributed by atoms with Gasteiger partial charge in [0.15, 0.2) is 73.6 Å². The molecule has 20 atom stereocenters. The number of carbonyl (C=O) groups excluding carboxylic acids is 14. The Morgan fingerprint density at radius 1 is 0.280 bits per heavy atom. The minimum absolute atomic E-state index is 0.0109. The summed E-state index contributed by atoms with van der Waals surface area (Å²) < 4.78 is 115. The van der Waals surface area contributed by atoms with Crippen LogP contribution in [0.15, 0.2) is 10.3 Å². The van der Waals surface area contributed by atoms with Crippen LogP contribution in [0.25, 0.3) is 0 Å². The van der Waals surface area contributed by atoms with Crippen molar-refractivity contribution in [3.63, 3.8) is 0 Å². The molecule has 0 bridgehead atoms. The highest BCUT2D eigenvalue weighted by Gasteiger charge is 2.60. The van der Waals surface area contributed by atoms with Crippen LogP contribution in [-0.4, -0.2) is 252 Å². The second-order valence-corrected chi connectivity index (χ2v) is 24.8. The van der Waals surface area contributed by atoms with Crippen molar-refractivity contribution in [1.29, 1.82) is 0 Å². The molecule has 0 amide bonds. The van der Waals surface area contributed by atoms with Crippen molar-refractivity contribution in [3.8, 4) is 0 Å². The van der Waals surface area contributed by atoms with E-state index in [4.69, 9.17) is 94.7 Å². The van der Waals surface area contributed by atoms with Crippen LogP contribution in [0.5, 0.6) is 0 Å². The smallest absolute Gasteiger partial charge is 0.303 e. The molecule has 4 fully saturated rings. The summed E-state index contributed by atoms with van der Waals surface area (Å²) in [5.41, 5.74) is -2.95. The van der Waals surface area contributed by atoms with Gasteiger partial charge in [-0.2, -0.15) is 0 Å². The fraction of sp³-hybridized carbons (Fsp3) is 0.733. The van der Waals surface area contributed by atoms with E-state index in [1.807, 2.05) is 0 Å². The SMILES string of the molecule is CC(=O)OC[C@H]1O[C@@H](S/C(CCCCCC/C(=N\O)S[C@@H]2O[C@H](COC(C)=O)[C@@H](O[C@@H]3O[C@H](COC(C)=O)[C@@H](OC(C)=O)[C@H](OC(C)=O)[C@H]3OC(C)=O)[C@H](OC(C)=O)[C@H]2OC(C)=O)=N/O)[C@H](OC(C)=O)[C@@H](OC(C)=O)[C@@H]1O[C@@H]1O[C@H](COC(C)=O)[C@@H](OC(C)=O)[C@H](OC(C)=O)[C@H]1OC(C)=O. The van der Waals surface area contributed by atoms with Gasteiger partial charge >= 0.3 is 83.6 Å². The van der Waals surface area contributed by atoms with Gasteiger partial charge in [-0.25, -0.2) is 0 Å². The number of oxime groups is 2. The zero-order valence-corrected chi connectivity index (χ0v) is 58.7. The molecule has 0 aliphatic carbocycles. The van der Waals surface area contributed by atoms with Crippen molar-refractivity contribution >= 4 is 117 Å². The molecule has 562 valence electrons. The molecular formula is C60H84N2O36S2. The highest BCUT2D eigenvalue weighted by Crippen LogP contribution is 2.41. The molecular weight excluding hydrogens is 1390 g/mol. The van der Waals surface area contributed by atoms with E-state index in [9.17, 15) is 77.5 Å². The van der Waals surface area contributed by atoms with E-state index in [2.05, 4.69) is 10.3 Å². The van der Waals surface area contributed by atoms with Crippen molar-refractivity contribution in [3.05, 3.63) is 0 Å². The van der Waals surface area contributed by atoms with Gasteiger partial charge in [0.1, 0.15) is 84.0 Å². The van der Waals surface area contributed by atoms with Crippen molar-refractivity contribution in [2.45, 2.75) is 257 Å². The van der Waals surface area contributed by atoms with E-state index in [0.29, 0.717) is 36.4 Å². The predicted molar refractivity (Wildman–Crippen MR) is 328 cm³/mol. The van der Waals surface area contributed by atoms with Gasteiger partial charge < -0.3 is 105 Å². The lowest BCUT2D eigenvalue weighted by molar-refractivity contribution is -0.341. The number of esters is 14. The number of carbonyl (C=O) groups is 14. The summed E-state index contributed by atoms with van der Waals surface area (Å²) in [6, 6.07) is 0. The summed E-state index contributed by atoms with van der Waals surface area (Å²) in [5, 5.41) is 27.6. The Hall–Kier alpha value is -8.02. The Kier molecular flexibility index (Phi) is 34.6. The van der Waals surface area contributed by atoms with Crippen LogP contribution < -0.4 is 0 Å². The molecule has 0 radical (unpaired) electrons. The number of thioether (sulfide) groups is 2. The Labute approximate surface area is 580 Å². The Morgan fingerprint density at radius 3 is 0.740 bits per heavy atom. The lowest BCUT2D eigenvalue weighted by atomic mass is 9.96. The third-order valence-corrected chi connectivity index (χ3v) is 16.4. The first-order valence-electron chi connectivity index (χ1n) is 31.0. The van der Waals surface area contributed by atoms with Crippen molar-refractivity contribution < 1.29 is 172 Å². The van der Waals surface area contributed by atoms with E-state index in [1.165, 1.54) is 0 Å². The lowest BCUT2D eigenvalue weighted by Crippen LogP contribution is -2.66. The standard InChI is InChI=1S/C60H84N2O36S2/c1-25(63)79-21-39-45(83-29(5)67)49(85-31(7)69)53(89-35(11)73)57(93-39)97-47-41(23-81-27(3)65)95-59(55(91-37(13)75)51(47)87-33(9)71)99-43(61-77)19-17-15-16-18-20-44(62-78)100-60-56(92-38(14)76)52(88-34(10)72)48(42(96-60)24-82-28(4)66)98-58-54(90-36(12)74)50(86-32(8)70)46(84-30(6)68)40(94-58)22-80-26(2)64/h39-42,45-60,77-78H,15-24H2,1-14H3/b61-43+,62-44+/t39-,40-,41-,42-,45-,46-,47-,48-,49+,50+,51+,52+,53-,54-,55-,56-,57+,58+,59+,60+/m1/s1. The molecule has 0 aromatic carbocycles. The monoisotopic (exact) mass is 1470 g/mol. The van der Waals surface area contributed by atoms with Gasteiger partial charge in [-0.3, -0.25) is 67.1 Å². The highest BCUT2D eigenvalue weighted by molar-refractivity contribution is 8.14. The normalized spacial score (nSPS) is 29.7. The van der Waals surface area contributed by atoms with Crippen LogP contribution in [0.3, 0.4) is 0 Å². The zero-order valence-electron chi connectivity index (χ0n) is 57.1. The second-order valence-electron chi connectivity index (χ2n) is 22.5. The van der Waals surface area contributed by atoms with Crippen LogP contribution in [-0.2, 0) is 162 Å². The number of ether oxygens (including phenoxy) is 20. The number of rotatable bonds is 31. The zero-order chi connectivity index (χ0) is 74.8. The first-order valence-corrected chi connectivity index (χ1v) is 32.7. The van der Waals surface area contributed by atoms with Gasteiger partial charge in [-0.05, 0) is 25.7 Å². The third-order valence-electron chi connectivity index (χ3n) is 14.0. The summed E-state index contributed by atoms with van der Waals surface area (Å²) in [4.78, 5) is 176. The average Bonchev–Trinajstić information content (AvgIpc) is 0.774. The maximum Gasteiger partial charge on any atom is 0.303 e. The molecule has 4 saturated heterocycles. The molecule has 4 aliphatic rings. The number of hydrogen-bond acceptors (Lipinski definition) is 40. The molecule has 40 heteroatoms. The average molecular weight is 1470 g/mol. The molecule has 0 saturated carbocycles. The van der Waals surface area contributed by atoms with Gasteiger partial charge in [-0.15, -0.1) is 0 Å². The Morgan fingerprint density at radius 2 is 0.500 bits per heavy atom. The maximum absolute atomic E-state index is 13.0. The van der Waals surface area contributed by atoms with Crippen LogP contribution in [0.4, 0.5) is 0 Å². The summed E-state index contributed by atoms with van der Waals surface area (Å²) >= 11 is 1.39. The van der Waals surface area contributed by atoms with E-state index in [0.717, 1.165) is 96.9 Å². The summed E-state index contributed by atoms with van der Waals surface area (Å²) in [7, 11) is 0. The highest BCUT2D eigenvalue weighted by atomic mass is 32.2. The van der Waals surface area contributed by atoms with Gasteiger partial charge in [-0.1, -0.05) is 46.7 Å². The van der Waals surface area contributed by atoms with Gasteiger partial charge in [0.05, 0.1) is 0 Å². The molecule has 4 aliphatic heterocycles. The van der Waals surface area contributed by atoms with E-state index >= 15 is 0 Å². The minimum atomic E-state index is -1.94. The molecule has 0 unspecified atom stereocenters. The molecule has 0 spiro atoms. The fourth-order valence-corrected chi connectivity index (χ4v) is 12.8. The van der Waals surface area contributed by atoms with E-state index in [1.54, 1.807) is 0 Å². The molecule has 4 rings (SSSR count). The van der Waals surface area contributed by atoms with Crippen LogP contribution in [0.1, 0.15) is 135 Å². The molecule has 4 heterocycles. The van der Waals surface area contributed by atoms with Crippen molar-refractivity contribution in [1.82, 2.24) is 0 Å². The summed E-state index contributed by atoms with van der Waals surface area (Å²) in [5.74, 6) is -13.1. The number of hydrogen-bond donors (Lipinski definition) is 2. The van der Waals surface area contributed by atoms with Crippen LogP contribution in [0, 0.1) is 0 Å². The Balaban J connectivity index is 1.61. The van der Waals surface area contributed by atoms with E-state index in [-0.39, 0.29) is 35.8 Å². The van der Waals surface area contributed by atoms with Crippen molar-refractivity contribution in [2.24, 2.45) is 10.3 Å². The van der Waals surface area contributed by atoms with Gasteiger partial charge in [0.2, 0.25) is 0 Å². The van der Waals surface area contributed by atoms with Gasteiger partial charge in [0, 0.05) is 96.9 Å². The first-order chi connectivity index (χ1) is 47.0. The van der Waals surface area contributed by atoms with Crippen LogP contribution in [0.2, 0.25) is 0 Å². The summed E-state index contributed by atoms with van der Waals surface area (Å²) in [6.45, 7) is 11.4. The number of unbranched alkanes of at least 4 members (excludes halogenated alkanes) is 3. The second kappa shape index (κ2) is 41.0. The quantitative estimate of drug-likeness (QED) is 0.0189.